The third kappa shape index (κ3) is 5.53. The summed E-state index contributed by atoms with van der Waals surface area (Å²) < 4.78 is 15.2. The van der Waals surface area contributed by atoms with Crippen LogP contribution >= 0.6 is 7.14 Å². The van der Waals surface area contributed by atoms with E-state index in [-0.39, 0.29) is 0 Å². The van der Waals surface area contributed by atoms with E-state index in [1.54, 1.807) is 0 Å². The Morgan fingerprint density at radius 1 is 0.286 bits per heavy atom. The minimum Gasteiger partial charge on any atom is -0.309 e. The average molecular weight is 821 g/mol. The average Bonchev–Trinajstić information content (AvgIpc) is 3.37. The number of benzene rings is 11. The molecule has 0 saturated heterocycles. The quantitative estimate of drug-likeness (QED) is 0.116. The molecule has 1 aliphatic carbocycles. The number of rotatable bonds is 7. The van der Waals surface area contributed by atoms with Gasteiger partial charge in [0.05, 0.1) is 5.41 Å². The summed E-state index contributed by atoms with van der Waals surface area (Å²) in [5.41, 5.74) is 11.8. The zero-order valence-corrected chi connectivity index (χ0v) is 35.4. The summed E-state index contributed by atoms with van der Waals surface area (Å²) in [5.74, 6) is 0. The van der Waals surface area contributed by atoms with E-state index in [4.69, 9.17) is 0 Å². The van der Waals surface area contributed by atoms with Crippen molar-refractivity contribution in [1.82, 2.24) is 0 Å². The van der Waals surface area contributed by atoms with E-state index < -0.39 is 12.6 Å². The van der Waals surface area contributed by atoms with E-state index in [0.717, 1.165) is 27.0 Å². The maximum atomic E-state index is 15.2. The smallest absolute Gasteiger partial charge is 0.171 e. The highest BCUT2D eigenvalue weighted by molar-refractivity contribution is 7.85. The van der Waals surface area contributed by atoms with Crippen LogP contribution in [0.15, 0.2) is 249 Å². The summed E-state index contributed by atoms with van der Waals surface area (Å²) >= 11 is 0. The highest BCUT2D eigenvalue weighted by Gasteiger charge is 2.45. The molecule has 1 aliphatic rings. The number of hydrogen-bond acceptors (Lipinski definition) is 1. The van der Waals surface area contributed by atoms with E-state index in [9.17, 15) is 0 Å². The molecule has 0 radical (unpaired) electrons. The highest BCUT2D eigenvalue weighted by Crippen LogP contribution is 2.58. The van der Waals surface area contributed by atoms with Gasteiger partial charge in [-0.3, -0.25) is 0 Å². The molecule has 2 heteroatoms. The van der Waals surface area contributed by atoms with E-state index in [1.165, 1.54) is 76.8 Å². The van der Waals surface area contributed by atoms with Crippen LogP contribution in [0, 0.1) is 0 Å². The Bertz CT molecular complexity index is 3480. The first-order valence-corrected chi connectivity index (χ1v) is 23.4. The first-order chi connectivity index (χ1) is 31.2. The second-order valence-corrected chi connectivity index (χ2v) is 19.4. The van der Waals surface area contributed by atoms with Gasteiger partial charge in [0, 0.05) is 15.9 Å². The van der Waals surface area contributed by atoms with Gasteiger partial charge in [-0.15, -0.1) is 0 Å². The van der Waals surface area contributed by atoms with Crippen LogP contribution in [0.1, 0.15) is 22.3 Å². The van der Waals surface area contributed by atoms with Crippen molar-refractivity contribution in [3.8, 4) is 33.4 Å². The Balaban J connectivity index is 1.10. The molecular formula is C61H41OP. The van der Waals surface area contributed by atoms with Gasteiger partial charge in [-0.05, 0) is 88.0 Å². The second-order valence-electron chi connectivity index (χ2n) is 16.6. The molecular weight excluding hydrogens is 780 g/mol. The van der Waals surface area contributed by atoms with Crippen LogP contribution in [0.25, 0.3) is 65.7 Å². The maximum Gasteiger partial charge on any atom is 0.171 e. The lowest BCUT2D eigenvalue weighted by atomic mass is 9.59. The first kappa shape index (κ1) is 37.2. The molecule has 0 fully saturated rings. The van der Waals surface area contributed by atoms with Crippen LogP contribution in [-0.4, -0.2) is 0 Å². The SMILES string of the molecule is O=P(c1ccccc1)(c1ccccc1)c1ccc(-c2ccc(-c3c4ccccc4c4c5c(cccc35)C(c3ccccc3)(c3ccccc3)c3ccccc3-4)c3ccccc23)cc1. The van der Waals surface area contributed by atoms with Gasteiger partial charge >= 0.3 is 0 Å². The first-order valence-electron chi connectivity index (χ1n) is 21.7. The van der Waals surface area contributed by atoms with Gasteiger partial charge in [-0.25, -0.2) is 0 Å². The summed E-state index contributed by atoms with van der Waals surface area (Å²) in [6.45, 7) is 0. The Morgan fingerprint density at radius 2 is 0.714 bits per heavy atom. The Labute approximate surface area is 368 Å². The van der Waals surface area contributed by atoms with Crippen molar-refractivity contribution in [3.05, 3.63) is 271 Å². The van der Waals surface area contributed by atoms with Crippen LogP contribution in [0.5, 0.6) is 0 Å². The van der Waals surface area contributed by atoms with Crippen LogP contribution in [0.3, 0.4) is 0 Å². The molecule has 11 aromatic rings. The van der Waals surface area contributed by atoms with Crippen molar-refractivity contribution >= 4 is 55.4 Å². The minimum atomic E-state index is -3.11. The van der Waals surface area contributed by atoms with Crippen molar-refractivity contribution in [2.45, 2.75) is 5.41 Å². The van der Waals surface area contributed by atoms with E-state index >= 15 is 4.57 Å². The predicted octanol–water partition coefficient (Wildman–Crippen LogP) is 14.5. The fourth-order valence-electron chi connectivity index (χ4n) is 10.8. The van der Waals surface area contributed by atoms with Crippen molar-refractivity contribution < 1.29 is 4.57 Å². The summed E-state index contributed by atoms with van der Waals surface area (Å²) in [7, 11) is -3.11. The molecule has 0 N–H and O–H groups in total. The van der Waals surface area contributed by atoms with Gasteiger partial charge in [0.2, 0.25) is 0 Å². The molecule has 0 bridgehead atoms. The van der Waals surface area contributed by atoms with Crippen LogP contribution in [0.4, 0.5) is 0 Å². The molecule has 0 unspecified atom stereocenters. The van der Waals surface area contributed by atoms with E-state index in [2.05, 4.69) is 188 Å². The van der Waals surface area contributed by atoms with Crippen molar-refractivity contribution in [2.24, 2.45) is 0 Å². The maximum absolute atomic E-state index is 15.2. The number of fused-ring (bicyclic) bond motifs is 5. The largest absolute Gasteiger partial charge is 0.309 e. The van der Waals surface area contributed by atoms with E-state index in [0.29, 0.717) is 0 Å². The lowest BCUT2D eigenvalue weighted by Gasteiger charge is -2.42. The normalized spacial score (nSPS) is 13.0. The summed E-state index contributed by atoms with van der Waals surface area (Å²) in [5, 5.41) is 9.88. The molecule has 0 aliphatic heterocycles. The molecule has 0 spiro atoms. The Morgan fingerprint density at radius 3 is 1.32 bits per heavy atom. The van der Waals surface area contributed by atoms with Gasteiger partial charge < -0.3 is 4.57 Å². The van der Waals surface area contributed by atoms with Gasteiger partial charge in [0.25, 0.3) is 0 Å². The van der Waals surface area contributed by atoms with Gasteiger partial charge in [0.15, 0.2) is 7.14 Å². The highest BCUT2D eigenvalue weighted by atomic mass is 31.2. The third-order valence-electron chi connectivity index (χ3n) is 13.4. The Hall–Kier alpha value is -7.57. The van der Waals surface area contributed by atoms with E-state index in [1.807, 2.05) is 60.7 Å². The van der Waals surface area contributed by atoms with Gasteiger partial charge in [-0.1, -0.05) is 249 Å². The Kier molecular flexibility index (Phi) is 8.75. The van der Waals surface area contributed by atoms with Crippen molar-refractivity contribution in [3.63, 3.8) is 0 Å². The third-order valence-corrected chi connectivity index (χ3v) is 16.5. The van der Waals surface area contributed by atoms with Gasteiger partial charge in [-0.2, -0.15) is 0 Å². The van der Waals surface area contributed by atoms with Gasteiger partial charge in [0.1, 0.15) is 0 Å². The van der Waals surface area contributed by atoms with Crippen LogP contribution in [-0.2, 0) is 9.98 Å². The van der Waals surface area contributed by atoms with Crippen LogP contribution < -0.4 is 15.9 Å². The molecule has 0 saturated carbocycles. The minimum absolute atomic E-state index is 0.547. The number of hydrogen-bond donors (Lipinski definition) is 0. The summed E-state index contributed by atoms with van der Waals surface area (Å²) in [6.07, 6.45) is 0. The lowest BCUT2D eigenvalue weighted by Crippen LogP contribution is -2.34. The molecule has 63 heavy (non-hydrogen) atoms. The monoisotopic (exact) mass is 820 g/mol. The summed E-state index contributed by atoms with van der Waals surface area (Å²) in [4.78, 5) is 0. The summed E-state index contributed by atoms with van der Waals surface area (Å²) in [6, 6.07) is 88.9. The lowest BCUT2D eigenvalue weighted by molar-refractivity contribution is 0.592. The second kappa shape index (κ2) is 14.8. The standard InChI is InChI=1S/C61H41OP/c62-63(45-24-9-3-10-25-45,46-26-11-4-12-27-46)47-38-36-42(37-39-47)48-40-41-53(50-29-14-13-28-49(48)50)58-51-30-15-16-31-52(51)59-54-32-17-18-34-56(54)61(43-20-5-1-6-21-43,44-22-7-2-8-23-44)57-35-19-33-55(58)60(57)59/h1-41H. The molecule has 0 atom stereocenters. The molecule has 0 aromatic heterocycles. The van der Waals surface area contributed by atoms with Crippen molar-refractivity contribution in [2.75, 3.05) is 0 Å². The zero-order valence-electron chi connectivity index (χ0n) is 34.5. The fourth-order valence-corrected chi connectivity index (χ4v) is 13.4. The molecule has 12 rings (SSSR count). The van der Waals surface area contributed by atoms with Crippen molar-refractivity contribution in [1.29, 1.82) is 0 Å². The molecule has 11 aromatic carbocycles. The fraction of sp³-hybridized carbons (Fsp3) is 0.0164. The molecule has 296 valence electrons. The zero-order chi connectivity index (χ0) is 42.0. The molecule has 0 amide bonds. The van der Waals surface area contributed by atoms with Crippen LogP contribution in [0.2, 0.25) is 0 Å². The predicted molar refractivity (Wildman–Crippen MR) is 267 cm³/mol. The molecule has 0 heterocycles. The molecule has 1 nitrogen and oxygen atoms in total. The topological polar surface area (TPSA) is 17.1 Å².